The number of nitrogens with one attached hydrogen (secondary N) is 2. The Hall–Kier alpha value is -0.570. The lowest BCUT2D eigenvalue weighted by Crippen LogP contribution is -2.44. The number of amides is 1. The highest BCUT2D eigenvalue weighted by Crippen LogP contribution is 2.33. The van der Waals surface area contributed by atoms with E-state index in [0.717, 1.165) is 18.9 Å². The Kier molecular flexibility index (Phi) is 3.62. The molecule has 3 nitrogen and oxygen atoms in total. The number of hydrogen-bond acceptors (Lipinski definition) is 2. The molecule has 1 saturated carbocycles. The number of hydrogen-bond donors (Lipinski definition) is 2. The van der Waals surface area contributed by atoms with Crippen LogP contribution in [0.15, 0.2) is 0 Å². The van der Waals surface area contributed by atoms with Crippen LogP contribution in [0.5, 0.6) is 0 Å². The fourth-order valence-electron chi connectivity index (χ4n) is 2.41. The minimum absolute atomic E-state index is 0.0746. The third-order valence-electron chi connectivity index (χ3n) is 3.65. The van der Waals surface area contributed by atoms with Gasteiger partial charge in [-0.15, -0.1) is 0 Å². The van der Waals surface area contributed by atoms with Gasteiger partial charge in [0.1, 0.15) is 0 Å². The van der Waals surface area contributed by atoms with Crippen LogP contribution in [0.1, 0.15) is 45.4 Å². The summed E-state index contributed by atoms with van der Waals surface area (Å²) in [4.78, 5) is 11.9. The lowest BCUT2D eigenvalue weighted by Gasteiger charge is -2.15. The average Bonchev–Trinajstić information content (AvgIpc) is 2.99. The molecule has 1 heterocycles. The summed E-state index contributed by atoms with van der Waals surface area (Å²) in [6.45, 7) is 3.20. The Morgan fingerprint density at radius 3 is 3.00 bits per heavy atom. The summed E-state index contributed by atoms with van der Waals surface area (Å²) in [5.41, 5.74) is 0. The molecule has 86 valence electrons. The van der Waals surface area contributed by atoms with Gasteiger partial charge in [-0.3, -0.25) is 4.79 Å². The average molecular weight is 210 g/mol. The van der Waals surface area contributed by atoms with Gasteiger partial charge in [-0.25, -0.2) is 0 Å². The van der Waals surface area contributed by atoms with Crippen molar-refractivity contribution >= 4 is 5.91 Å². The second-order valence-corrected chi connectivity index (χ2v) is 4.88. The van der Waals surface area contributed by atoms with Crippen molar-refractivity contribution in [3.8, 4) is 0 Å². The Morgan fingerprint density at radius 1 is 1.40 bits per heavy atom. The van der Waals surface area contributed by atoms with Crippen molar-refractivity contribution in [2.45, 2.75) is 57.5 Å². The molecule has 2 N–H and O–H groups in total. The van der Waals surface area contributed by atoms with Gasteiger partial charge in [0.2, 0.25) is 5.91 Å². The molecule has 3 heteroatoms. The minimum atomic E-state index is 0.0746. The highest BCUT2D eigenvalue weighted by atomic mass is 16.2. The second-order valence-electron chi connectivity index (χ2n) is 4.88. The predicted octanol–water partition coefficient (Wildman–Crippen LogP) is 1.43. The maximum atomic E-state index is 11.9. The SMILES string of the molecule is CCC1CC1NC(=O)C1CCCCCN1. The van der Waals surface area contributed by atoms with Crippen molar-refractivity contribution in [3.63, 3.8) is 0 Å². The minimum Gasteiger partial charge on any atom is -0.352 e. The zero-order chi connectivity index (χ0) is 10.7. The first-order chi connectivity index (χ1) is 7.31. The van der Waals surface area contributed by atoms with Crippen molar-refractivity contribution in [2.24, 2.45) is 5.92 Å². The first-order valence-corrected chi connectivity index (χ1v) is 6.35. The summed E-state index contributed by atoms with van der Waals surface area (Å²) in [6, 6.07) is 0.554. The van der Waals surface area contributed by atoms with Gasteiger partial charge in [-0.05, 0) is 31.7 Å². The highest BCUT2D eigenvalue weighted by molar-refractivity contribution is 5.82. The maximum absolute atomic E-state index is 11.9. The fraction of sp³-hybridized carbons (Fsp3) is 0.917. The van der Waals surface area contributed by atoms with Gasteiger partial charge >= 0.3 is 0 Å². The van der Waals surface area contributed by atoms with E-state index in [0.29, 0.717) is 6.04 Å². The highest BCUT2D eigenvalue weighted by Gasteiger charge is 2.37. The smallest absolute Gasteiger partial charge is 0.237 e. The van der Waals surface area contributed by atoms with Gasteiger partial charge < -0.3 is 10.6 Å². The van der Waals surface area contributed by atoms with Crippen molar-refractivity contribution in [3.05, 3.63) is 0 Å². The van der Waals surface area contributed by atoms with Crippen molar-refractivity contribution < 1.29 is 4.79 Å². The zero-order valence-corrected chi connectivity index (χ0v) is 9.59. The molecule has 3 unspecified atom stereocenters. The predicted molar refractivity (Wildman–Crippen MR) is 60.6 cm³/mol. The van der Waals surface area contributed by atoms with Gasteiger partial charge in [0.05, 0.1) is 6.04 Å². The molecular weight excluding hydrogens is 188 g/mol. The van der Waals surface area contributed by atoms with Crippen LogP contribution in [0, 0.1) is 5.92 Å². The molecule has 3 atom stereocenters. The van der Waals surface area contributed by atoms with Gasteiger partial charge in [0.15, 0.2) is 0 Å². The number of rotatable bonds is 3. The van der Waals surface area contributed by atoms with E-state index in [1.165, 1.54) is 32.1 Å². The molecular formula is C12H22N2O. The third-order valence-corrected chi connectivity index (χ3v) is 3.65. The van der Waals surface area contributed by atoms with Crippen LogP contribution >= 0.6 is 0 Å². The summed E-state index contributed by atoms with van der Waals surface area (Å²) < 4.78 is 0. The van der Waals surface area contributed by atoms with Crippen LogP contribution in [0.25, 0.3) is 0 Å². The number of carbonyl (C=O) groups is 1. The molecule has 15 heavy (non-hydrogen) atoms. The van der Waals surface area contributed by atoms with E-state index < -0.39 is 0 Å². The van der Waals surface area contributed by atoms with Gasteiger partial charge in [0, 0.05) is 6.04 Å². The third kappa shape index (κ3) is 2.94. The molecule has 2 rings (SSSR count). The quantitative estimate of drug-likeness (QED) is 0.740. The van der Waals surface area contributed by atoms with E-state index in [-0.39, 0.29) is 11.9 Å². The van der Waals surface area contributed by atoms with E-state index >= 15 is 0 Å². The van der Waals surface area contributed by atoms with E-state index in [9.17, 15) is 4.79 Å². The molecule has 1 aliphatic carbocycles. The lowest BCUT2D eigenvalue weighted by atomic mass is 10.1. The molecule has 0 spiro atoms. The van der Waals surface area contributed by atoms with Crippen LogP contribution in [0.2, 0.25) is 0 Å². The molecule has 0 aromatic rings. The second kappa shape index (κ2) is 4.97. The molecule has 2 fully saturated rings. The van der Waals surface area contributed by atoms with Gasteiger partial charge in [-0.2, -0.15) is 0 Å². The molecule has 0 bridgehead atoms. The van der Waals surface area contributed by atoms with Crippen LogP contribution in [0.4, 0.5) is 0 Å². The van der Waals surface area contributed by atoms with Crippen molar-refractivity contribution in [1.82, 2.24) is 10.6 Å². The molecule has 0 aromatic carbocycles. The first-order valence-electron chi connectivity index (χ1n) is 6.35. The van der Waals surface area contributed by atoms with E-state index in [1.807, 2.05) is 0 Å². The first kappa shape index (κ1) is 10.9. The summed E-state index contributed by atoms with van der Waals surface area (Å²) in [6.07, 6.45) is 7.06. The van der Waals surface area contributed by atoms with Gasteiger partial charge in [0.25, 0.3) is 0 Å². The number of carbonyl (C=O) groups excluding carboxylic acids is 1. The van der Waals surface area contributed by atoms with Crippen LogP contribution < -0.4 is 10.6 Å². The molecule has 0 radical (unpaired) electrons. The maximum Gasteiger partial charge on any atom is 0.237 e. The Labute approximate surface area is 92.0 Å². The molecule has 2 aliphatic rings. The van der Waals surface area contributed by atoms with E-state index in [1.54, 1.807) is 0 Å². The van der Waals surface area contributed by atoms with Crippen LogP contribution in [-0.2, 0) is 4.79 Å². The summed E-state index contributed by atoms with van der Waals surface area (Å²) in [7, 11) is 0. The topological polar surface area (TPSA) is 41.1 Å². The zero-order valence-electron chi connectivity index (χ0n) is 9.59. The molecule has 1 aliphatic heterocycles. The monoisotopic (exact) mass is 210 g/mol. The van der Waals surface area contributed by atoms with E-state index in [4.69, 9.17) is 0 Å². The van der Waals surface area contributed by atoms with E-state index in [2.05, 4.69) is 17.6 Å². The molecule has 1 amide bonds. The summed E-state index contributed by atoms with van der Waals surface area (Å²) >= 11 is 0. The largest absolute Gasteiger partial charge is 0.352 e. The lowest BCUT2D eigenvalue weighted by molar-refractivity contribution is -0.123. The Morgan fingerprint density at radius 2 is 2.27 bits per heavy atom. The van der Waals surface area contributed by atoms with Crippen LogP contribution in [0.3, 0.4) is 0 Å². The van der Waals surface area contributed by atoms with Crippen LogP contribution in [-0.4, -0.2) is 24.5 Å². The van der Waals surface area contributed by atoms with Crippen molar-refractivity contribution in [1.29, 1.82) is 0 Å². The Bertz CT molecular complexity index is 222. The standard InChI is InChI=1S/C12H22N2O/c1-2-9-8-11(9)14-12(15)10-6-4-3-5-7-13-10/h9-11,13H,2-8H2,1H3,(H,14,15). The van der Waals surface area contributed by atoms with Crippen molar-refractivity contribution in [2.75, 3.05) is 6.54 Å². The Balaban J connectivity index is 1.74. The molecule has 0 aromatic heterocycles. The summed E-state index contributed by atoms with van der Waals surface area (Å²) in [5, 5.41) is 6.49. The summed E-state index contributed by atoms with van der Waals surface area (Å²) in [5.74, 6) is 0.984. The fourth-order valence-corrected chi connectivity index (χ4v) is 2.41. The van der Waals surface area contributed by atoms with Gasteiger partial charge in [-0.1, -0.05) is 26.2 Å². The molecule has 1 saturated heterocycles. The normalized spacial score (nSPS) is 35.7.